The molecule has 0 saturated heterocycles. The van der Waals surface area contributed by atoms with Gasteiger partial charge in [-0.3, -0.25) is 0 Å². The van der Waals surface area contributed by atoms with E-state index in [2.05, 4.69) is 281 Å². The van der Waals surface area contributed by atoms with Gasteiger partial charge in [-0.15, -0.1) is 0 Å². The molecule has 1 fully saturated rings. The van der Waals surface area contributed by atoms with Crippen molar-refractivity contribution in [2.45, 2.75) is 142 Å². The van der Waals surface area contributed by atoms with Crippen molar-refractivity contribution in [1.29, 1.82) is 0 Å². The lowest BCUT2D eigenvalue weighted by atomic mass is 9.33. The topological polar surface area (TPSA) is 9.72 Å². The summed E-state index contributed by atoms with van der Waals surface area (Å²) in [4.78, 5) is 8.10. The molecule has 0 bridgehead atoms. The second-order valence-electron chi connectivity index (χ2n) is 26.7. The van der Waals surface area contributed by atoms with Crippen molar-refractivity contribution in [2.75, 3.05) is 14.7 Å². The molecular formula is C70H74BN3. The van der Waals surface area contributed by atoms with Gasteiger partial charge in [0.2, 0.25) is 0 Å². The van der Waals surface area contributed by atoms with Crippen LogP contribution in [0, 0.1) is 0 Å². The zero-order valence-corrected chi connectivity index (χ0v) is 46.5. The van der Waals surface area contributed by atoms with Crippen LogP contribution in [-0.4, -0.2) is 12.3 Å². The molecule has 8 aromatic rings. The first-order valence-corrected chi connectivity index (χ1v) is 27.3. The van der Waals surface area contributed by atoms with E-state index >= 15 is 0 Å². The molecule has 2 atom stereocenters. The van der Waals surface area contributed by atoms with Crippen LogP contribution in [0.5, 0.6) is 0 Å². The minimum absolute atomic E-state index is 0.00623. The maximum atomic E-state index is 2.78. The minimum atomic E-state index is -0.129. The summed E-state index contributed by atoms with van der Waals surface area (Å²) in [7, 11) is 0. The molecule has 4 aliphatic rings. The molecule has 2 unspecified atom stereocenters. The van der Waals surface area contributed by atoms with Crippen LogP contribution in [0.4, 0.5) is 45.5 Å². The van der Waals surface area contributed by atoms with Gasteiger partial charge in [0, 0.05) is 50.7 Å². The summed E-state index contributed by atoms with van der Waals surface area (Å²) in [6, 6.07) is 66.2. The van der Waals surface area contributed by atoms with Crippen molar-refractivity contribution in [1.82, 2.24) is 0 Å². The molecule has 4 heteroatoms. The molecule has 3 heterocycles. The third-order valence-electron chi connectivity index (χ3n) is 18.0. The molecule has 1 saturated carbocycles. The van der Waals surface area contributed by atoms with Crippen LogP contribution in [0.2, 0.25) is 0 Å². The summed E-state index contributed by atoms with van der Waals surface area (Å²) in [6.45, 7) is 33.2. The molecule has 1 aliphatic carbocycles. The SMILES string of the molecule is CC(C)(C)c1ccc2c(c1)B1c3ccccc3N(c3ccc(C(C)(C)C)cc3-c3ccccc3)c3cc(N4c5ccc(C(C)(C)C)cc5C5(C)CCC45C)cc(c31)N2c1ccc(C(C)(C)C)cc1-c1ccccc1. The summed E-state index contributed by atoms with van der Waals surface area (Å²) in [5.41, 5.74) is 25.4. The highest BCUT2D eigenvalue weighted by Crippen LogP contribution is 2.66. The number of hydrogen-bond acceptors (Lipinski definition) is 3. The zero-order valence-electron chi connectivity index (χ0n) is 46.5. The predicted molar refractivity (Wildman–Crippen MR) is 320 cm³/mol. The number of para-hydroxylation sites is 1. The van der Waals surface area contributed by atoms with Crippen LogP contribution in [0.15, 0.2) is 170 Å². The van der Waals surface area contributed by atoms with Crippen LogP contribution < -0.4 is 31.1 Å². The molecule has 0 radical (unpaired) electrons. The molecule has 0 spiro atoms. The van der Waals surface area contributed by atoms with Gasteiger partial charge in [-0.05, 0) is 151 Å². The summed E-state index contributed by atoms with van der Waals surface area (Å²) in [5, 5.41) is 0. The fourth-order valence-corrected chi connectivity index (χ4v) is 13.1. The summed E-state index contributed by atoms with van der Waals surface area (Å²) < 4.78 is 0. The zero-order chi connectivity index (χ0) is 52.1. The predicted octanol–water partition coefficient (Wildman–Crippen LogP) is 17.3. The van der Waals surface area contributed by atoms with Gasteiger partial charge in [0.15, 0.2) is 0 Å². The normalized spacial score (nSPS) is 18.8. The van der Waals surface area contributed by atoms with Gasteiger partial charge in [0.05, 0.1) is 16.9 Å². The largest absolute Gasteiger partial charge is 0.334 e. The fourth-order valence-electron chi connectivity index (χ4n) is 13.1. The first kappa shape index (κ1) is 48.2. The second kappa shape index (κ2) is 16.4. The Morgan fingerprint density at radius 2 is 0.797 bits per heavy atom. The Morgan fingerprint density at radius 3 is 1.27 bits per heavy atom. The average Bonchev–Trinajstić information content (AvgIpc) is 3.52. The smallest absolute Gasteiger partial charge is 0.252 e. The van der Waals surface area contributed by atoms with Crippen LogP contribution in [0.25, 0.3) is 22.3 Å². The fraction of sp³-hybridized carbons (Fsp3) is 0.314. The van der Waals surface area contributed by atoms with E-state index in [-0.39, 0.29) is 39.3 Å². The van der Waals surface area contributed by atoms with E-state index in [1.165, 1.54) is 112 Å². The Bertz CT molecular complexity index is 3530. The maximum Gasteiger partial charge on any atom is 0.252 e. The van der Waals surface area contributed by atoms with E-state index in [4.69, 9.17) is 0 Å². The van der Waals surface area contributed by atoms with Gasteiger partial charge in [0.25, 0.3) is 6.71 Å². The lowest BCUT2D eigenvalue weighted by molar-refractivity contribution is 0.133. The number of benzene rings is 8. The molecule has 12 rings (SSSR count). The third-order valence-corrected chi connectivity index (χ3v) is 18.0. The Labute approximate surface area is 443 Å². The first-order valence-electron chi connectivity index (χ1n) is 27.3. The van der Waals surface area contributed by atoms with Crippen molar-refractivity contribution in [3.05, 3.63) is 198 Å². The number of fused-ring (bicyclic) bond motifs is 7. The number of rotatable bonds is 5. The Morgan fingerprint density at radius 1 is 0.378 bits per heavy atom. The van der Waals surface area contributed by atoms with Crippen molar-refractivity contribution in [3.8, 4) is 22.3 Å². The van der Waals surface area contributed by atoms with Crippen molar-refractivity contribution < 1.29 is 0 Å². The van der Waals surface area contributed by atoms with Crippen molar-refractivity contribution >= 4 is 68.6 Å². The minimum Gasteiger partial charge on any atom is -0.334 e. The van der Waals surface area contributed by atoms with Crippen LogP contribution in [0.1, 0.15) is 138 Å². The Hall–Kier alpha value is -6.78. The summed E-state index contributed by atoms with van der Waals surface area (Å²) in [6.07, 6.45) is 2.28. The molecule has 0 amide bonds. The molecule has 3 nitrogen and oxygen atoms in total. The maximum absolute atomic E-state index is 2.78. The van der Waals surface area contributed by atoms with Crippen LogP contribution >= 0.6 is 0 Å². The van der Waals surface area contributed by atoms with Gasteiger partial charge in [0.1, 0.15) is 0 Å². The molecule has 0 aromatic heterocycles. The van der Waals surface area contributed by atoms with Crippen molar-refractivity contribution in [3.63, 3.8) is 0 Å². The quantitative estimate of drug-likeness (QED) is 0.159. The van der Waals surface area contributed by atoms with Gasteiger partial charge in [-0.25, -0.2) is 0 Å². The lowest BCUT2D eigenvalue weighted by Gasteiger charge is -2.56. The molecule has 0 N–H and O–H groups in total. The molecule has 74 heavy (non-hydrogen) atoms. The van der Waals surface area contributed by atoms with Gasteiger partial charge < -0.3 is 14.7 Å². The lowest BCUT2D eigenvalue weighted by Crippen LogP contribution is -2.62. The number of hydrogen-bond donors (Lipinski definition) is 0. The van der Waals surface area contributed by atoms with E-state index < -0.39 is 0 Å². The van der Waals surface area contributed by atoms with E-state index in [0.29, 0.717) is 0 Å². The van der Waals surface area contributed by atoms with Gasteiger partial charge in [-0.1, -0.05) is 205 Å². The number of anilines is 8. The molecule has 3 aliphatic heterocycles. The second-order valence-corrected chi connectivity index (χ2v) is 26.7. The highest BCUT2D eigenvalue weighted by Gasteiger charge is 2.63. The molecule has 372 valence electrons. The highest BCUT2D eigenvalue weighted by molar-refractivity contribution is 7.00. The van der Waals surface area contributed by atoms with Gasteiger partial charge in [-0.2, -0.15) is 0 Å². The Balaban J connectivity index is 1.23. The van der Waals surface area contributed by atoms with Crippen LogP contribution in [-0.2, 0) is 27.1 Å². The van der Waals surface area contributed by atoms with Crippen molar-refractivity contribution in [2.24, 2.45) is 0 Å². The molecule has 8 aromatic carbocycles. The van der Waals surface area contributed by atoms with E-state index in [0.717, 1.165) is 12.8 Å². The van der Waals surface area contributed by atoms with E-state index in [1.807, 2.05) is 0 Å². The van der Waals surface area contributed by atoms with Crippen LogP contribution in [0.3, 0.4) is 0 Å². The summed E-state index contributed by atoms with van der Waals surface area (Å²) >= 11 is 0. The van der Waals surface area contributed by atoms with Gasteiger partial charge >= 0.3 is 0 Å². The monoisotopic (exact) mass is 968 g/mol. The number of nitrogens with zero attached hydrogens (tertiary/aromatic N) is 3. The Kier molecular flexibility index (Phi) is 10.7. The molecular weight excluding hydrogens is 894 g/mol. The summed E-state index contributed by atoms with van der Waals surface area (Å²) in [5.74, 6) is 0. The average molecular weight is 968 g/mol. The standard InChI is InChI=1S/C70H74BN3/c1-65(2,3)47-29-33-57(52(39-47)45-23-17-15-18-24-45)72-60-28-22-21-27-55(60)71-56-42-50(68(10,11)12)32-36-61(56)73(58-34-30-48(66(4,5)6)40-53(58)46-25-19-16-20-26-46)63-44-51(43-62(72)64(63)71)74-59-35-31-49(67(7,8)9)41-54(59)69(13)37-38-70(69,74)14/h15-36,39-44H,37-38H2,1-14H3. The van der Waals surface area contributed by atoms with E-state index in [9.17, 15) is 0 Å². The van der Waals surface area contributed by atoms with E-state index in [1.54, 1.807) is 0 Å². The highest BCUT2D eigenvalue weighted by atomic mass is 15.3. The third kappa shape index (κ3) is 7.28. The first-order chi connectivity index (χ1) is 35.0.